The summed E-state index contributed by atoms with van der Waals surface area (Å²) in [6.45, 7) is 0.835. The van der Waals surface area contributed by atoms with Crippen LogP contribution in [0.3, 0.4) is 0 Å². The molecule has 1 heterocycles. The molecule has 4 rings (SSSR count). The molecule has 0 unspecified atom stereocenters. The number of urea groups is 1. The lowest BCUT2D eigenvalue weighted by atomic mass is 9.76. The number of carbonyl (C=O) groups is 2. The molecule has 1 saturated carbocycles. The summed E-state index contributed by atoms with van der Waals surface area (Å²) < 4.78 is 26.2. The molecule has 152 valence electrons. The van der Waals surface area contributed by atoms with Crippen LogP contribution in [0.4, 0.5) is 25.0 Å². The van der Waals surface area contributed by atoms with Crippen molar-refractivity contribution >= 4 is 23.3 Å². The molecule has 1 aliphatic carbocycles. The molecule has 1 spiro atoms. The SMILES string of the molecule is O=C(Nc1ccc(F)cc1)[C@H]1CN(C(=O)Nc2ccc(F)cc2)CC12CCCC2. The van der Waals surface area contributed by atoms with Crippen molar-refractivity contribution in [1.29, 1.82) is 0 Å². The predicted octanol–water partition coefficient (Wildman–Crippen LogP) is 4.63. The van der Waals surface area contributed by atoms with E-state index in [1.54, 1.807) is 4.90 Å². The average Bonchev–Trinajstić information content (AvgIpc) is 3.33. The molecule has 1 aliphatic heterocycles. The van der Waals surface area contributed by atoms with Gasteiger partial charge in [-0.05, 0) is 61.4 Å². The fraction of sp³-hybridized carbons (Fsp3) is 0.364. The van der Waals surface area contributed by atoms with Crippen LogP contribution in [0.1, 0.15) is 25.7 Å². The van der Waals surface area contributed by atoms with E-state index in [0.29, 0.717) is 24.5 Å². The lowest BCUT2D eigenvalue weighted by Crippen LogP contribution is -2.36. The van der Waals surface area contributed by atoms with Crippen molar-refractivity contribution in [3.05, 3.63) is 60.2 Å². The number of benzene rings is 2. The fourth-order valence-corrected chi connectivity index (χ4v) is 4.57. The second kappa shape index (κ2) is 7.81. The summed E-state index contributed by atoms with van der Waals surface area (Å²) in [6, 6.07) is 11.0. The van der Waals surface area contributed by atoms with Crippen LogP contribution < -0.4 is 10.6 Å². The van der Waals surface area contributed by atoms with Crippen LogP contribution in [0.5, 0.6) is 0 Å². The minimum Gasteiger partial charge on any atom is -0.326 e. The number of carbonyl (C=O) groups excluding carboxylic acids is 2. The topological polar surface area (TPSA) is 61.4 Å². The molecule has 0 radical (unpaired) electrons. The lowest BCUT2D eigenvalue weighted by Gasteiger charge is -2.28. The third kappa shape index (κ3) is 4.09. The first-order valence-corrected chi connectivity index (χ1v) is 9.83. The van der Waals surface area contributed by atoms with E-state index in [1.807, 2.05) is 0 Å². The Kier molecular flexibility index (Phi) is 5.22. The molecule has 0 aromatic heterocycles. The van der Waals surface area contributed by atoms with Gasteiger partial charge in [0.15, 0.2) is 0 Å². The van der Waals surface area contributed by atoms with Crippen molar-refractivity contribution < 1.29 is 18.4 Å². The largest absolute Gasteiger partial charge is 0.326 e. The Labute approximate surface area is 168 Å². The van der Waals surface area contributed by atoms with Gasteiger partial charge in [0.1, 0.15) is 11.6 Å². The standard InChI is InChI=1S/C22H23F2N3O2/c23-15-3-7-17(8-4-15)25-20(28)19-13-27(14-22(19)11-1-2-12-22)21(29)26-18-9-5-16(24)6-10-18/h3-10,19H,1-2,11-14H2,(H,25,28)(H,26,29)/t19-/m1/s1. The van der Waals surface area contributed by atoms with Gasteiger partial charge in [0.2, 0.25) is 5.91 Å². The summed E-state index contributed by atoms with van der Waals surface area (Å²) in [5, 5.41) is 5.65. The Bertz CT molecular complexity index is 893. The first-order valence-electron chi connectivity index (χ1n) is 9.83. The number of amides is 3. The van der Waals surface area contributed by atoms with Gasteiger partial charge in [-0.25, -0.2) is 13.6 Å². The third-order valence-electron chi connectivity index (χ3n) is 6.06. The summed E-state index contributed by atoms with van der Waals surface area (Å²) in [5.41, 5.74) is 0.819. The van der Waals surface area contributed by atoms with Crippen molar-refractivity contribution in [2.45, 2.75) is 25.7 Å². The van der Waals surface area contributed by atoms with Gasteiger partial charge in [0.05, 0.1) is 5.92 Å². The molecule has 2 aromatic rings. The lowest BCUT2D eigenvalue weighted by molar-refractivity contribution is -0.122. The highest BCUT2D eigenvalue weighted by atomic mass is 19.1. The fourth-order valence-electron chi connectivity index (χ4n) is 4.57. The number of rotatable bonds is 3. The Hall–Kier alpha value is -2.96. The van der Waals surface area contributed by atoms with Crippen LogP contribution in [0.2, 0.25) is 0 Å². The van der Waals surface area contributed by atoms with Gasteiger partial charge in [-0.1, -0.05) is 12.8 Å². The predicted molar refractivity (Wildman–Crippen MR) is 106 cm³/mol. The van der Waals surface area contributed by atoms with Gasteiger partial charge in [-0.2, -0.15) is 0 Å². The van der Waals surface area contributed by atoms with Crippen LogP contribution in [0, 0.1) is 23.0 Å². The number of likely N-dealkylation sites (tertiary alicyclic amines) is 1. The summed E-state index contributed by atoms with van der Waals surface area (Å²) >= 11 is 0. The van der Waals surface area contributed by atoms with Gasteiger partial charge in [-0.3, -0.25) is 4.79 Å². The van der Waals surface area contributed by atoms with Crippen molar-refractivity contribution in [1.82, 2.24) is 4.90 Å². The highest BCUT2D eigenvalue weighted by Gasteiger charge is 2.52. The number of anilines is 2. The minimum absolute atomic E-state index is 0.143. The monoisotopic (exact) mass is 399 g/mol. The molecule has 1 atom stereocenters. The molecule has 2 N–H and O–H groups in total. The van der Waals surface area contributed by atoms with Crippen molar-refractivity contribution in [2.24, 2.45) is 11.3 Å². The van der Waals surface area contributed by atoms with Crippen molar-refractivity contribution in [3.63, 3.8) is 0 Å². The van der Waals surface area contributed by atoms with E-state index in [0.717, 1.165) is 25.7 Å². The second-order valence-electron chi connectivity index (χ2n) is 7.94. The number of hydrogen-bond donors (Lipinski definition) is 2. The molecule has 1 saturated heterocycles. The molecular formula is C22H23F2N3O2. The zero-order valence-electron chi connectivity index (χ0n) is 16.0. The second-order valence-corrected chi connectivity index (χ2v) is 7.94. The van der Waals surface area contributed by atoms with Gasteiger partial charge >= 0.3 is 6.03 Å². The van der Waals surface area contributed by atoms with Gasteiger partial charge < -0.3 is 15.5 Å². The maximum atomic E-state index is 13.1. The maximum Gasteiger partial charge on any atom is 0.321 e. The summed E-state index contributed by atoms with van der Waals surface area (Å²) in [4.78, 5) is 27.4. The smallest absolute Gasteiger partial charge is 0.321 e. The Morgan fingerprint density at radius 2 is 1.38 bits per heavy atom. The average molecular weight is 399 g/mol. The highest BCUT2D eigenvalue weighted by Crippen LogP contribution is 2.49. The highest BCUT2D eigenvalue weighted by molar-refractivity contribution is 5.95. The molecule has 0 bridgehead atoms. The number of hydrogen-bond acceptors (Lipinski definition) is 2. The zero-order chi connectivity index (χ0) is 20.4. The molecular weight excluding hydrogens is 376 g/mol. The number of nitrogens with one attached hydrogen (secondary N) is 2. The maximum absolute atomic E-state index is 13.1. The number of nitrogens with zero attached hydrogens (tertiary/aromatic N) is 1. The van der Waals surface area contributed by atoms with Gasteiger partial charge in [0.25, 0.3) is 0 Å². The zero-order valence-corrected chi connectivity index (χ0v) is 16.0. The summed E-state index contributed by atoms with van der Waals surface area (Å²) in [7, 11) is 0. The molecule has 29 heavy (non-hydrogen) atoms. The quantitative estimate of drug-likeness (QED) is 0.791. The van der Waals surface area contributed by atoms with Gasteiger partial charge in [0, 0.05) is 29.9 Å². The first-order chi connectivity index (χ1) is 13.9. The minimum atomic E-state index is -0.369. The van der Waals surface area contributed by atoms with Crippen LogP contribution in [-0.2, 0) is 4.79 Å². The summed E-state index contributed by atoms with van der Waals surface area (Å²) in [6.07, 6.45) is 3.87. The van der Waals surface area contributed by atoms with Crippen molar-refractivity contribution in [2.75, 3.05) is 23.7 Å². The normalized spacial score (nSPS) is 20.1. The Balaban J connectivity index is 1.47. The first kappa shape index (κ1) is 19.4. The van der Waals surface area contributed by atoms with E-state index in [9.17, 15) is 18.4 Å². The summed E-state index contributed by atoms with van der Waals surface area (Å²) in [5.74, 6) is -1.20. The molecule has 2 aliphatic rings. The Morgan fingerprint density at radius 3 is 1.93 bits per heavy atom. The van der Waals surface area contributed by atoms with Crippen LogP contribution in [0.15, 0.2) is 48.5 Å². The molecule has 7 heteroatoms. The van der Waals surface area contributed by atoms with Crippen molar-refractivity contribution in [3.8, 4) is 0 Å². The third-order valence-corrected chi connectivity index (χ3v) is 6.06. The molecule has 2 aromatic carbocycles. The van der Waals surface area contributed by atoms with E-state index in [2.05, 4.69) is 10.6 Å². The van der Waals surface area contributed by atoms with Gasteiger partial charge in [-0.15, -0.1) is 0 Å². The Morgan fingerprint density at radius 1 is 0.862 bits per heavy atom. The molecule has 2 fully saturated rings. The van der Waals surface area contributed by atoms with E-state index >= 15 is 0 Å². The number of halogens is 2. The van der Waals surface area contributed by atoms with E-state index < -0.39 is 0 Å². The van der Waals surface area contributed by atoms with E-state index in [-0.39, 0.29) is 34.9 Å². The van der Waals surface area contributed by atoms with Crippen LogP contribution in [-0.4, -0.2) is 29.9 Å². The molecule has 3 amide bonds. The van der Waals surface area contributed by atoms with Crippen LogP contribution >= 0.6 is 0 Å². The molecule has 5 nitrogen and oxygen atoms in total. The van der Waals surface area contributed by atoms with E-state index in [1.165, 1.54) is 48.5 Å². The van der Waals surface area contributed by atoms with E-state index in [4.69, 9.17) is 0 Å². The van der Waals surface area contributed by atoms with Crippen LogP contribution in [0.25, 0.3) is 0 Å².